The molecule has 0 radical (unpaired) electrons. The second kappa shape index (κ2) is 4.24. The van der Waals surface area contributed by atoms with Crippen LogP contribution < -0.4 is 5.73 Å². The van der Waals surface area contributed by atoms with Crippen LogP contribution >= 0.6 is 0 Å². The number of anilines is 1. The fourth-order valence-electron chi connectivity index (χ4n) is 1.04. The molecule has 15 heavy (non-hydrogen) atoms. The molecule has 0 unspecified atom stereocenters. The number of halogens is 3. The first-order valence-electron chi connectivity index (χ1n) is 4.01. The van der Waals surface area contributed by atoms with Gasteiger partial charge in [-0.25, -0.2) is 0 Å². The van der Waals surface area contributed by atoms with Crippen LogP contribution in [0.3, 0.4) is 0 Å². The predicted molar refractivity (Wildman–Crippen MR) is 49.8 cm³/mol. The minimum Gasteiger partial charge on any atom is -0.399 e. The summed E-state index contributed by atoms with van der Waals surface area (Å²) in [5.41, 5.74) is 4.21. The Bertz CT molecular complexity index is 415. The summed E-state index contributed by atoms with van der Waals surface area (Å²) in [6.45, 7) is -0.484. The van der Waals surface area contributed by atoms with Crippen molar-refractivity contribution in [1.82, 2.24) is 0 Å². The van der Waals surface area contributed by atoms with Crippen LogP contribution in [0.4, 0.5) is 18.9 Å². The van der Waals surface area contributed by atoms with Gasteiger partial charge in [0.15, 0.2) is 0 Å². The van der Waals surface area contributed by atoms with E-state index in [1.807, 2.05) is 0 Å². The first-order chi connectivity index (χ1) is 6.95. The molecule has 1 rings (SSSR count). The lowest BCUT2D eigenvalue weighted by Gasteiger charge is -2.09. The van der Waals surface area contributed by atoms with Gasteiger partial charge in [0.05, 0.1) is 5.56 Å². The molecule has 1 aromatic carbocycles. The van der Waals surface area contributed by atoms with E-state index < -0.39 is 18.3 Å². The lowest BCUT2D eigenvalue weighted by atomic mass is 10.1. The van der Waals surface area contributed by atoms with Crippen LogP contribution in [0.15, 0.2) is 18.2 Å². The summed E-state index contributed by atoms with van der Waals surface area (Å²) < 4.78 is 37.4. The van der Waals surface area contributed by atoms with E-state index in [4.69, 9.17) is 10.8 Å². The molecule has 80 valence electrons. The Morgan fingerprint density at radius 2 is 2.00 bits per heavy atom. The van der Waals surface area contributed by atoms with Crippen molar-refractivity contribution in [3.8, 4) is 11.8 Å². The highest BCUT2D eigenvalue weighted by atomic mass is 19.4. The van der Waals surface area contributed by atoms with Crippen LogP contribution in [0.25, 0.3) is 0 Å². The van der Waals surface area contributed by atoms with Crippen molar-refractivity contribution in [3.05, 3.63) is 29.3 Å². The second-order valence-corrected chi connectivity index (χ2v) is 2.76. The van der Waals surface area contributed by atoms with Crippen LogP contribution in [-0.4, -0.2) is 11.7 Å². The Labute approximate surface area is 84.5 Å². The highest BCUT2D eigenvalue weighted by Crippen LogP contribution is 2.32. The molecule has 0 aliphatic rings. The minimum atomic E-state index is -4.49. The first kappa shape index (κ1) is 11.4. The number of nitrogens with two attached hydrogens (primary N) is 1. The van der Waals surface area contributed by atoms with E-state index in [0.717, 1.165) is 6.07 Å². The lowest BCUT2D eigenvalue weighted by Crippen LogP contribution is -2.08. The molecule has 1 aromatic rings. The van der Waals surface area contributed by atoms with Gasteiger partial charge in [0.25, 0.3) is 0 Å². The van der Waals surface area contributed by atoms with Crippen molar-refractivity contribution in [2.45, 2.75) is 6.18 Å². The summed E-state index contributed by atoms with van der Waals surface area (Å²) in [5.74, 6) is 4.38. The SMILES string of the molecule is Nc1ccc(C#CCO)c(C(F)(F)F)c1. The monoisotopic (exact) mass is 215 g/mol. The zero-order valence-electron chi connectivity index (χ0n) is 7.60. The molecule has 0 saturated carbocycles. The number of aliphatic hydroxyl groups excluding tert-OH is 1. The number of benzene rings is 1. The molecule has 0 heterocycles. The predicted octanol–water partition coefficient (Wildman–Crippen LogP) is 1.63. The number of hydrogen-bond donors (Lipinski definition) is 2. The molecule has 0 amide bonds. The molecule has 0 bridgehead atoms. The summed E-state index contributed by atoms with van der Waals surface area (Å²) in [6.07, 6.45) is -4.49. The fourth-order valence-corrected chi connectivity index (χ4v) is 1.04. The van der Waals surface area contributed by atoms with Crippen molar-refractivity contribution in [1.29, 1.82) is 0 Å². The van der Waals surface area contributed by atoms with Gasteiger partial charge in [-0.2, -0.15) is 13.2 Å². The van der Waals surface area contributed by atoms with Crippen molar-refractivity contribution in [2.75, 3.05) is 12.3 Å². The summed E-state index contributed by atoms with van der Waals surface area (Å²) in [5, 5.41) is 8.40. The Kier molecular flexibility index (Phi) is 3.22. The topological polar surface area (TPSA) is 46.2 Å². The van der Waals surface area contributed by atoms with Gasteiger partial charge in [0, 0.05) is 11.3 Å². The Morgan fingerprint density at radius 3 is 2.53 bits per heavy atom. The second-order valence-electron chi connectivity index (χ2n) is 2.76. The zero-order valence-corrected chi connectivity index (χ0v) is 7.60. The molecular formula is C10H8F3NO. The van der Waals surface area contributed by atoms with E-state index in [2.05, 4.69) is 11.8 Å². The maximum atomic E-state index is 12.5. The van der Waals surface area contributed by atoms with Gasteiger partial charge in [0.2, 0.25) is 0 Å². The van der Waals surface area contributed by atoms with E-state index in [9.17, 15) is 13.2 Å². The highest BCUT2D eigenvalue weighted by Gasteiger charge is 2.33. The molecule has 0 aliphatic heterocycles. The number of aliphatic hydroxyl groups is 1. The van der Waals surface area contributed by atoms with Crippen molar-refractivity contribution in [2.24, 2.45) is 0 Å². The maximum absolute atomic E-state index is 12.5. The molecule has 2 nitrogen and oxygen atoms in total. The van der Waals surface area contributed by atoms with Gasteiger partial charge in [0.1, 0.15) is 6.61 Å². The molecule has 0 spiro atoms. The third-order valence-corrected chi connectivity index (χ3v) is 1.65. The summed E-state index contributed by atoms with van der Waals surface area (Å²) in [4.78, 5) is 0. The Balaban J connectivity index is 3.27. The molecule has 0 aromatic heterocycles. The molecule has 5 heteroatoms. The van der Waals surface area contributed by atoms with Gasteiger partial charge in [-0.3, -0.25) is 0 Å². The molecule has 0 saturated heterocycles. The Morgan fingerprint density at radius 1 is 1.33 bits per heavy atom. The van der Waals surface area contributed by atoms with Gasteiger partial charge in [-0.15, -0.1) is 0 Å². The largest absolute Gasteiger partial charge is 0.417 e. The number of rotatable bonds is 0. The minimum absolute atomic E-state index is 0.0249. The Hall–Kier alpha value is -1.67. The molecular weight excluding hydrogens is 207 g/mol. The summed E-state index contributed by atoms with van der Waals surface area (Å²) in [7, 11) is 0. The standard InChI is InChI=1S/C10H8F3NO/c11-10(12,13)9-6-8(14)4-3-7(9)2-1-5-15/h3-4,6,15H,5,14H2. The van der Waals surface area contributed by atoms with E-state index in [0.29, 0.717) is 0 Å². The summed E-state index contributed by atoms with van der Waals surface area (Å²) in [6, 6.07) is 3.33. The van der Waals surface area contributed by atoms with Crippen LogP contribution in [0.1, 0.15) is 11.1 Å². The number of alkyl halides is 3. The summed E-state index contributed by atoms with van der Waals surface area (Å²) >= 11 is 0. The quantitative estimate of drug-likeness (QED) is 0.510. The zero-order chi connectivity index (χ0) is 11.5. The highest BCUT2D eigenvalue weighted by molar-refractivity contribution is 5.51. The average Bonchev–Trinajstić information content (AvgIpc) is 2.14. The van der Waals surface area contributed by atoms with Gasteiger partial charge < -0.3 is 10.8 Å². The van der Waals surface area contributed by atoms with Crippen molar-refractivity contribution >= 4 is 5.69 Å². The third kappa shape index (κ3) is 2.89. The van der Waals surface area contributed by atoms with E-state index in [1.54, 1.807) is 0 Å². The van der Waals surface area contributed by atoms with E-state index >= 15 is 0 Å². The van der Waals surface area contributed by atoms with Gasteiger partial charge in [-0.05, 0) is 18.2 Å². The fraction of sp³-hybridized carbons (Fsp3) is 0.200. The molecule has 0 aliphatic carbocycles. The first-order valence-corrected chi connectivity index (χ1v) is 4.01. The maximum Gasteiger partial charge on any atom is 0.417 e. The number of hydrogen-bond acceptors (Lipinski definition) is 2. The molecule has 0 atom stereocenters. The molecule has 3 N–H and O–H groups in total. The van der Waals surface area contributed by atoms with Crippen molar-refractivity contribution < 1.29 is 18.3 Å². The third-order valence-electron chi connectivity index (χ3n) is 1.65. The molecule has 0 fully saturated rings. The smallest absolute Gasteiger partial charge is 0.399 e. The van der Waals surface area contributed by atoms with Crippen LogP contribution in [0.2, 0.25) is 0 Å². The van der Waals surface area contributed by atoms with Gasteiger partial charge in [-0.1, -0.05) is 11.8 Å². The van der Waals surface area contributed by atoms with Crippen LogP contribution in [0, 0.1) is 11.8 Å². The number of nitrogen functional groups attached to an aromatic ring is 1. The van der Waals surface area contributed by atoms with E-state index in [-0.39, 0.29) is 11.3 Å². The average molecular weight is 215 g/mol. The van der Waals surface area contributed by atoms with Gasteiger partial charge >= 0.3 is 6.18 Å². The van der Waals surface area contributed by atoms with Crippen LogP contribution in [0.5, 0.6) is 0 Å². The van der Waals surface area contributed by atoms with Crippen LogP contribution in [-0.2, 0) is 6.18 Å². The van der Waals surface area contributed by atoms with E-state index in [1.165, 1.54) is 12.1 Å². The lowest BCUT2D eigenvalue weighted by molar-refractivity contribution is -0.137. The normalized spacial score (nSPS) is 10.7. The van der Waals surface area contributed by atoms with Crippen molar-refractivity contribution in [3.63, 3.8) is 0 Å².